The normalized spacial score (nSPS) is 12.1. The van der Waals surface area contributed by atoms with Crippen molar-refractivity contribution >= 4 is 0 Å². The van der Waals surface area contributed by atoms with Crippen LogP contribution >= 0.6 is 0 Å². The van der Waals surface area contributed by atoms with Crippen LogP contribution in [0.25, 0.3) is 0 Å². The summed E-state index contributed by atoms with van der Waals surface area (Å²) in [5, 5.41) is 3.37. The van der Waals surface area contributed by atoms with Crippen molar-refractivity contribution < 1.29 is 9.13 Å². The van der Waals surface area contributed by atoms with Gasteiger partial charge in [-0.05, 0) is 49.2 Å². The van der Waals surface area contributed by atoms with Crippen molar-refractivity contribution in [3.8, 4) is 5.75 Å². The number of benzene rings is 1. The van der Waals surface area contributed by atoms with Gasteiger partial charge >= 0.3 is 0 Å². The molecule has 0 saturated carbocycles. The maximum Gasteiger partial charge on any atom is 0.146 e. The fourth-order valence-electron chi connectivity index (χ4n) is 2.27. The van der Waals surface area contributed by atoms with Gasteiger partial charge in [0.2, 0.25) is 0 Å². The van der Waals surface area contributed by atoms with Crippen LogP contribution in [-0.2, 0) is 6.42 Å². The number of aromatic nitrogens is 1. The summed E-state index contributed by atoms with van der Waals surface area (Å²) in [5.74, 6) is 0.539. The number of halogens is 1. The second-order valence-corrected chi connectivity index (χ2v) is 4.93. The molecular formula is C17H21FN2O. The Morgan fingerprint density at radius 2 is 2.14 bits per heavy atom. The minimum atomic E-state index is -0.269. The summed E-state index contributed by atoms with van der Waals surface area (Å²) in [6, 6.07) is 10.8. The van der Waals surface area contributed by atoms with E-state index in [-0.39, 0.29) is 11.9 Å². The van der Waals surface area contributed by atoms with Gasteiger partial charge in [0.05, 0.1) is 18.8 Å². The van der Waals surface area contributed by atoms with Gasteiger partial charge in [-0.15, -0.1) is 0 Å². The lowest BCUT2D eigenvalue weighted by Crippen LogP contribution is -2.26. The van der Waals surface area contributed by atoms with Gasteiger partial charge in [-0.25, -0.2) is 4.39 Å². The van der Waals surface area contributed by atoms with Crippen LogP contribution < -0.4 is 10.1 Å². The number of rotatable bonds is 7. The first-order chi connectivity index (χ1) is 10.2. The van der Waals surface area contributed by atoms with E-state index in [2.05, 4.69) is 17.2 Å². The maximum absolute atomic E-state index is 14.0. The molecule has 1 heterocycles. The predicted octanol–water partition coefficient (Wildman–Crippen LogP) is 3.51. The first-order valence-electron chi connectivity index (χ1n) is 7.21. The number of nitrogens with one attached hydrogen (secondary N) is 1. The number of hydrogen-bond acceptors (Lipinski definition) is 3. The van der Waals surface area contributed by atoms with Gasteiger partial charge < -0.3 is 10.1 Å². The third kappa shape index (κ3) is 4.26. The Bertz CT molecular complexity index is 574. The molecule has 0 radical (unpaired) electrons. The molecular weight excluding hydrogens is 267 g/mol. The summed E-state index contributed by atoms with van der Waals surface area (Å²) in [5.41, 5.74) is 1.56. The quantitative estimate of drug-likeness (QED) is 0.846. The van der Waals surface area contributed by atoms with Gasteiger partial charge in [-0.1, -0.05) is 19.1 Å². The molecule has 0 fully saturated rings. The van der Waals surface area contributed by atoms with Gasteiger partial charge in [0, 0.05) is 6.20 Å². The van der Waals surface area contributed by atoms with Crippen molar-refractivity contribution in [2.24, 2.45) is 0 Å². The predicted molar refractivity (Wildman–Crippen MR) is 81.9 cm³/mol. The second kappa shape index (κ2) is 7.74. The number of pyridine rings is 1. The molecule has 1 atom stereocenters. The monoisotopic (exact) mass is 288 g/mol. The van der Waals surface area contributed by atoms with Gasteiger partial charge in [0.15, 0.2) is 0 Å². The molecule has 2 aromatic rings. The number of hydrogen-bond donors (Lipinski definition) is 1. The van der Waals surface area contributed by atoms with E-state index >= 15 is 0 Å². The third-order valence-corrected chi connectivity index (χ3v) is 3.33. The van der Waals surface area contributed by atoms with Crippen LogP contribution in [0.3, 0.4) is 0 Å². The maximum atomic E-state index is 14.0. The minimum Gasteiger partial charge on any atom is -0.497 e. The largest absolute Gasteiger partial charge is 0.497 e. The molecule has 112 valence electrons. The Labute approximate surface area is 125 Å². The molecule has 0 aliphatic rings. The molecule has 4 heteroatoms. The van der Waals surface area contributed by atoms with E-state index in [0.29, 0.717) is 12.1 Å². The van der Waals surface area contributed by atoms with E-state index in [1.54, 1.807) is 19.4 Å². The zero-order chi connectivity index (χ0) is 15.1. The summed E-state index contributed by atoms with van der Waals surface area (Å²) in [6.07, 6.45) is 3.29. The van der Waals surface area contributed by atoms with Crippen LogP contribution in [0.5, 0.6) is 5.75 Å². The highest BCUT2D eigenvalue weighted by Crippen LogP contribution is 2.21. The van der Waals surface area contributed by atoms with Gasteiger partial charge in [-0.2, -0.15) is 0 Å². The van der Waals surface area contributed by atoms with E-state index in [0.717, 1.165) is 24.3 Å². The van der Waals surface area contributed by atoms with Crippen molar-refractivity contribution in [1.82, 2.24) is 10.3 Å². The molecule has 0 aliphatic carbocycles. The van der Waals surface area contributed by atoms with Crippen molar-refractivity contribution in [2.45, 2.75) is 25.8 Å². The van der Waals surface area contributed by atoms with Crippen LogP contribution in [0, 0.1) is 5.82 Å². The fourth-order valence-corrected chi connectivity index (χ4v) is 2.27. The van der Waals surface area contributed by atoms with E-state index in [1.165, 1.54) is 6.07 Å². The van der Waals surface area contributed by atoms with E-state index in [1.807, 2.05) is 24.3 Å². The Kier molecular flexibility index (Phi) is 5.69. The van der Waals surface area contributed by atoms with Gasteiger partial charge in [0.1, 0.15) is 11.6 Å². The highest BCUT2D eigenvalue weighted by molar-refractivity contribution is 5.30. The van der Waals surface area contributed by atoms with Crippen LogP contribution in [-0.4, -0.2) is 18.6 Å². The molecule has 3 nitrogen and oxygen atoms in total. The van der Waals surface area contributed by atoms with E-state index in [9.17, 15) is 4.39 Å². The minimum absolute atomic E-state index is 0.141. The molecule has 0 bridgehead atoms. The summed E-state index contributed by atoms with van der Waals surface area (Å²) in [6.45, 7) is 2.91. The summed E-state index contributed by atoms with van der Waals surface area (Å²) >= 11 is 0. The molecule has 0 spiro atoms. The zero-order valence-corrected chi connectivity index (χ0v) is 12.5. The summed E-state index contributed by atoms with van der Waals surface area (Å²) in [4.78, 5) is 4.20. The third-order valence-electron chi connectivity index (χ3n) is 3.33. The van der Waals surface area contributed by atoms with Crippen LogP contribution in [0.4, 0.5) is 4.39 Å². The average Bonchev–Trinajstić information content (AvgIpc) is 2.52. The topological polar surface area (TPSA) is 34.1 Å². The molecule has 1 aromatic carbocycles. The van der Waals surface area contributed by atoms with Crippen molar-refractivity contribution in [1.29, 1.82) is 0 Å². The van der Waals surface area contributed by atoms with Crippen LogP contribution in [0.1, 0.15) is 30.6 Å². The van der Waals surface area contributed by atoms with E-state index in [4.69, 9.17) is 4.74 Å². The lowest BCUT2D eigenvalue weighted by Gasteiger charge is -2.19. The number of ether oxygens (including phenoxy) is 1. The Morgan fingerprint density at radius 1 is 1.29 bits per heavy atom. The smallest absolute Gasteiger partial charge is 0.146 e. The lowest BCUT2D eigenvalue weighted by molar-refractivity contribution is 0.413. The number of nitrogens with zero attached hydrogens (tertiary/aromatic N) is 1. The van der Waals surface area contributed by atoms with Gasteiger partial charge in [-0.3, -0.25) is 4.98 Å². The Hall–Kier alpha value is -1.94. The van der Waals surface area contributed by atoms with Gasteiger partial charge in [0.25, 0.3) is 0 Å². The average molecular weight is 288 g/mol. The van der Waals surface area contributed by atoms with Crippen molar-refractivity contribution in [3.63, 3.8) is 0 Å². The molecule has 0 saturated heterocycles. The molecule has 1 aromatic heterocycles. The van der Waals surface area contributed by atoms with Crippen molar-refractivity contribution in [3.05, 3.63) is 59.7 Å². The first-order valence-corrected chi connectivity index (χ1v) is 7.21. The van der Waals surface area contributed by atoms with Crippen LogP contribution in [0.15, 0.2) is 42.6 Å². The number of methoxy groups -OCH3 is 1. The summed E-state index contributed by atoms with van der Waals surface area (Å²) < 4.78 is 19.2. The second-order valence-electron chi connectivity index (χ2n) is 4.93. The lowest BCUT2D eigenvalue weighted by atomic mass is 10.0. The van der Waals surface area contributed by atoms with Crippen LogP contribution in [0.2, 0.25) is 0 Å². The molecule has 1 N–H and O–H groups in total. The molecule has 2 rings (SSSR count). The standard InChI is InChI=1S/C17H21FN2O/c1-3-9-19-16(17-15(18)8-5-10-20-17)12-13-6-4-7-14(11-13)21-2/h4-8,10-11,16,19H,3,9,12H2,1-2H3. The SMILES string of the molecule is CCCNC(Cc1cccc(OC)c1)c1ncccc1F. The molecule has 0 amide bonds. The van der Waals surface area contributed by atoms with Crippen molar-refractivity contribution in [2.75, 3.05) is 13.7 Å². The molecule has 0 aliphatic heterocycles. The highest BCUT2D eigenvalue weighted by atomic mass is 19.1. The zero-order valence-electron chi connectivity index (χ0n) is 12.5. The molecule has 1 unspecified atom stereocenters. The highest BCUT2D eigenvalue weighted by Gasteiger charge is 2.17. The summed E-state index contributed by atoms with van der Waals surface area (Å²) in [7, 11) is 1.64. The fraction of sp³-hybridized carbons (Fsp3) is 0.353. The molecule has 21 heavy (non-hydrogen) atoms. The first kappa shape index (κ1) is 15.4. The Balaban J connectivity index is 2.21. The Morgan fingerprint density at radius 3 is 2.86 bits per heavy atom. The van der Waals surface area contributed by atoms with E-state index < -0.39 is 0 Å².